The van der Waals surface area contributed by atoms with Gasteiger partial charge in [-0.25, -0.2) is 0 Å². The molecule has 0 unspecified atom stereocenters. The van der Waals surface area contributed by atoms with E-state index < -0.39 is 5.97 Å². The summed E-state index contributed by atoms with van der Waals surface area (Å²) in [6, 6.07) is 0. The first-order chi connectivity index (χ1) is 4.50. The molecular weight excluding hydrogens is 134 g/mol. The summed E-state index contributed by atoms with van der Waals surface area (Å²) >= 11 is 0. The summed E-state index contributed by atoms with van der Waals surface area (Å²) in [7, 11) is 1.59. The van der Waals surface area contributed by atoms with Crippen molar-refractivity contribution in [2.24, 2.45) is 0 Å². The number of carboxylic acids is 1. The molecule has 0 aromatic rings. The van der Waals surface area contributed by atoms with E-state index in [1.807, 2.05) is 0 Å². The van der Waals surface area contributed by atoms with Crippen LogP contribution in [-0.2, 0) is 4.79 Å². The molecule has 0 radical (unpaired) electrons. The zero-order valence-corrected chi connectivity index (χ0v) is 6.22. The van der Waals surface area contributed by atoms with Crippen LogP contribution < -0.4 is 5.32 Å². The van der Waals surface area contributed by atoms with Gasteiger partial charge in [-0.15, -0.1) is 0 Å². The van der Waals surface area contributed by atoms with Crippen LogP contribution in [0.25, 0.3) is 0 Å². The van der Waals surface area contributed by atoms with Crippen molar-refractivity contribution >= 4 is 5.97 Å². The molecule has 4 nitrogen and oxygen atoms in total. The van der Waals surface area contributed by atoms with Crippen molar-refractivity contribution in [3.8, 4) is 0 Å². The minimum absolute atomic E-state index is 0.0417. The van der Waals surface area contributed by atoms with E-state index in [4.69, 9.17) is 10.2 Å². The highest BCUT2D eigenvalue weighted by Gasteiger charge is 1.86. The third kappa shape index (κ3) is 64.0. The maximum Gasteiger partial charge on any atom is 0.317 e. The van der Waals surface area contributed by atoms with Crippen LogP contribution in [0.2, 0.25) is 0 Å². The van der Waals surface area contributed by atoms with Gasteiger partial charge in [0.2, 0.25) is 0 Å². The Morgan fingerprint density at radius 3 is 1.90 bits per heavy atom. The smallest absolute Gasteiger partial charge is 0.317 e. The van der Waals surface area contributed by atoms with Crippen LogP contribution in [0.15, 0.2) is 12.3 Å². The molecule has 0 fully saturated rings. The minimum Gasteiger partial charge on any atom is -0.513 e. The van der Waals surface area contributed by atoms with Crippen molar-refractivity contribution < 1.29 is 15.0 Å². The largest absolute Gasteiger partial charge is 0.513 e. The Morgan fingerprint density at radius 2 is 1.90 bits per heavy atom. The van der Waals surface area contributed by atoms with Crippen LogP contribution in [0.3, 0.4) is 0 Å². The number of hydrogen-bond acceptors (Lipinski definition) is 3. The molecule has 0 atom stereocenters. The molecule has 0 saturated carbocycles. The molecule has 0 aliphatic carbocycles. The lowest BCUT2D eigenvalue weighted by atomic mass is 10.7. The summed E-state index contributed by atoms with van der Waals surface area (Å²) in [6.45, 7) is 4.68. The van der Waals surface area contributed by atoms with Gasteiger partial charge >= 0.3 is 5.97 Å². The molecule has 0 saturated heterocycles. The summed E-state index contributed by atoms with van der Waals surface area (Å²) < 4.78 is 0. The van der Waals surface area contributed by atoms with E-state index >= 15 is 0 Å². The van der Waals surface area contributed by atoms with Crippen LogP contribution in [0.4, 0.5) is 0 Å². The summed E-state index contributed by atoms with van der Waals surface area (Å²) in [4.78, 5) is 9.54. The molecule has 10 heavy (non-hydrogen) atoms. The number of nitrogens with one attached hydrogen (secondary N) is 1. The Morgan fingerprint density at radius 1 is 1.60 bits per heavy atom. The number of allylic oxidation sites excluding steroid dienone is 1. The zero-order valence-electron chi connectivity index (χ0n) is 6.22. The van der Waals surface area contributed by atoms with E-state index in [1.54, 1.807) is 7.05 Å². The summed E-state index contributed by atoms with van der Waals surface area (Å²) in [6.07, 6.45) is 0. The third-order valence-electron chi connectivity index (χ3n) is 0.328. The highest BCUT2D eigenvalue weighted by atomic mass is 16.4. The quantitative estimate of drug-likeness (QED) is 0.493. The van der Waals surface area contributed by atoms with Crippen molar-refractivity contribution in [3.05, 3.63) is 12.3 Å². The Hall–Kier alpha value is -1.03. The molecule has 0 aromatic carbocycles. The van der Waals surface area contributed by atoms with Crippen molar-refractivity contribution in [1.29, 1.82) is 0 Å². The van der Waals surface area contributed by atoms with Crippen molar-refractivity contribution in [2.75, 3.05) is 13.6 Å². The number of aliphatic hydroxyl groups excluding tert-OH is 1. The van der Waals surface area contributed by atoms with Crippen molar-refractivity contribution in [2.45, 2.75) is 6.92 Å². The van der Waals surface area contributed by atoms with Crippen LogP contribution in [-0.4, -0.2) is 29.8 Å². The number of likely N-dealkylation sites (N-methyl/N-ethyl adjacent to an activating group) is 1. The Balaban J connectivity index is 0. The first-order valence-electron chi connectivity index (χ1n) is 2.71. The van der Waals surface area contributed by atoms with Crippen LogP contribution in [0.1, 0.15) is 6.92 Å². The standard InChI is InChI=1S/C3H7NO2.C3H6O/c1-4-2-3(5)6;1-3(2)4/h4H,2H2,1H3,(H,5,6);4H,1H2,2H3. The number of aliphatic carboxylic acids is 1. The van der Waals surface area contributed by atoms with Gasteiger partial charge in [-0.05, 0) is 14.0 Å². The van der Waals surface area contributed by atoms with Gasteiger partial charge in [-0.2, -0.15) is 0 Å². The highest BCUT2D eigenvalue weighted by molar-refractivity contribution is 5.68. The lowest BCUT2D eigenvalue weighted by molar-refractivity contribution is -0.135. The second kappa shape index (κ2) is 7.97. The van der Waals surface area contributed by atoms with Gasteiger partial charge in [0.05, 0.1) is 12.3 Å². The van der Waals surface area contributed by atoms with E-state index in [-0.39, 0.29) is 12.3 Å². The lowest BCUT2D eigenvalue weighted by Gasteiger charge is -1.84. The van der Waals surface area contributed by atoms with Crippen molar-refractivity contribution in [3.63, 3.8) is 0 Å². The maximum atomic E-state index is 9.54. The fraction of sp³-hybridized carbons (Fsp3) is 0.500. The number of carboxylic acid groups (broad SMARTS) is 1. The second-order valence-electron chi connectivity index (χ2n) is 1.66. The normalized spacial score (nSPS) is 7.40. The predicted molar refractivity (Wildman–Crippen MR) is 39.0 cm³/mol. The second-order valence-corrected chi connectivity index (χ2v) is 1.66. The SMILES string of the molecule is C=C(C)O.CNCC(=O)O. The van der Waals surface area contributed by atoms with E-state index in [0.29, 0.717) is 0 Å². The van der Waals surface area contributed by atoms with Gasteiger partial charge in [0, 0.05) is 0 Å². The van der Waals surface area contributed by atoms with Crippen LogP contribution in [0.5, 0.6) is 0 Å². The van der Waals surface area contributed by atoms with E-state index in [9.17, 15) is 4.79 Å². The third-order valence-corrected chi connectivity index (χ3v) is 0.328. The molecule has 0 spiro atoms. The van der Waals surface area contributed by atoms with Crippen LogP contribution in [0, 0.1) is 0 Å². The molecule has 0 aliphatic rings. The van der Waals surface area contributed by atoms with Gasteiger partial charge in [-0.1, -0.05) is 6.58 Å². The first-order valence-corrected chi connectivity index (χ1v) is 2.71. The molecule has 0 aliphatic heterocycles. The van der Waals surface area contributed by atoms with E-state index in [0.717, 1.165) is 0 Å². The molecule has 0 amide bonds. The molecule has 0 bridgehead atoms. The van der Waals surface area contributed by atoms with E-state index in [1.165, 1.54) is 6.92 Å². The maximum absolute atomic E-state index is 9.54. The molecule has 60 valence electrons. The molecule has 0 heterocycles. The topological polar surface area (TPSA) is 69.6 Å². The van der Waals surface area contributed by atoms with Gasteiger partial charge in [0.15, 0.2) is 0 Å². The molecular formula is C6H13NO3. The predicted octanol–water partition coefficient (Wildman–Crippen LogP) is 0.368. The molecule has 4 heteroatoms. The summed E-state index contributed by atoms with van der Waals surface area (Å²) in [5.74, 6) is -0.655. The first kappa shape index (κ1) is 11.7. The van der Waals surface area contributed by atoms with Crippen molar-refractivity contribution in [1.82, 2.24) is 5.32 Å². The number of rotatable bonds is 2. The average molecular weight is 147 g/mol. The molecule has 0 rings (SSSR count). The van der Waals surface area contributed by atoms with Gasteiger partial charge in [0.1, 0.15) is 0 Å². The highest BCUT2D eigenvalue weighted by Crippen LogP contribution is 1.66. The fourth-order valence-electron chi connectivity index (χ4n) is 0.151. The monoisotopic (exact) mass is 147 g/mol. The zero-order chi connectivity index (χ0) is 8.57. The minimum atomic E-state index is -0.822. The lowest BCUT2D eigenvalue weighted by Crippen LogP contribution is -2.16. The van der Waals surface area contributed by atoms with E-state index in [2.05, 4.69) is 11.9 Å². The molecule has 3 N–H and O–H groups in total. The van der Waals surface area contributed by atoms with Gasteiger partial charge < -0.3 is 15.5 Å². The van der Waals surface area contributed by atoms with Gasteiger partial charge in [0.25, 0.3) is 0 Å². The van der Waals surface area contributed by atoms with Gasteiger partial charge in [-0.3, -0.25) is 4.79 Å². The molecule has 0 aromatic heterocycles. The summed E-state index contributed by atoms with van der Waals surface area (Å²) in [5.41, 5.74) is 0. The average Bonchev–Trinajstić information content (AvgIpc) is 1.62. The number of aliphatic hydroxyl groups is 1. The fourth-order valence-corrected chi connectivity index (χ4v) is 0.151. The Bertz CT molecular complexity index is 108. The number of carbonyl (C=O) groups is 1. The Kier molecular flexibility index (Phi) is 9.35. The van der Waals surface area contributed by atoms with Crippen LogP contribution >= 0.6 is 0 Å². The summed E-state index contributed by atoms with van der Waals surface area (Å²) in [5, 5.41) is 18.2. The Labute approximate surface area is 60.2 Å². The number of hydrogen-bond donors (Lipinski definition) is 3.